The summed E-state index contributed by atoms with van der Waals surface area (Å²) in [5.41, 5.74) is 0.770. The predicted molar refractivity (Wildman–Crippen MR) is 66.3 cm³/mol. The van der Waals surface area contributed by atoms with Gasteiger partial charge in [0, 0.05) is 13.2 Å². The number of hydrogen-bond acceptors (Lipinski definition) is 4. The van der Waals surface area contributed by atoms with Gasteiger partial charge in [-0.05, 0) is 18.6 Å². The average Bonchev–Trinajstić information content (AvgIpc) is 2.77. The van der Waals surface area contributed by atoms with Crippen molar-refractivity contribution >= 4 is 6.03 Å². The van der Waals surface area contributed by atoms with E-state index < -0.39 is 24.6 Å². The van der Waals surface area contributed by atoms with Gasteiger partial charge in [0.25, 0.3) is 5.92 Å². The van der Waals surface area contributed by atoms with Crippen LogP contribution in [0.4, 0.5) is 13.6 Å². The molecule has 110 valence electrons. The number of carbonyl (C=O) groups is 1. The molecule has 0 aliphatic carbocycles. The van der Waals surface area contributed by atoms with Gasteiger partial charge in [0.15, 0.2) is 0 Å². The third-order valence-corrected chi connectivity index (χ3v) is 3.38. The first-order valence-corrected chi connectivity index (χ1v) is 6.17. The van der Waals surface area contributed by atoms with E-state index >= 15 is 0 Å². The Balaban J connectivity index is 1.99. The van der Waals surface area contributed by atoms with Crippen LogP contribution in [0.3, 0.4) is 0 Å². The van der Waals surface area contributed by atoms with Crippen molar-refractivity contribution in [3.05, 3.63) is 24.0 Å². The Morgan fingerprint density at radius 3 is 2.90 bits per heavy atom. The minimum atomic E-state index is -3.03. The van der Waals surface area contributed by atoms with Crippen LogP contribution in [0, 0.1) is 0 Å². The molecule has 0 bridgehead atoms. The van der Waals surface area contributed by atoms with E-state index in [9.17, 15) is 13.6 Å². The molecular formula is C12H16F2N4O2. The van der Waals surface area contributed by atoms with E-state index in [0.29, 0.717) is 0 Å². The van der Waals surface area contributed by atoms with Crippen molar-refractivity contribution < 1.29 is 18.3 Å². The van der Waals surface area contributed by atoms with E-state index in [2.05, 4.69) is 15.5 Å². The molecule has 8 heteroatoms. The predicted octanol–water partition coefficient (Wildman–Crippen LogP) is 1.21. The number of nitrogens with one attached hydrogen (secondary N) is 1. The molecule has 0 spiro atoms. The fourth-order valence-corrected chi connectivity index (χ4v) is 1.88. The molecule has 1 saturated heterocycles. The minimum absolute atomic E-state index is 0.183. The van der Waals surface area contributed by atoms with Crippen LogP contribution in [0.5, 0.6) is 0 Å². The summed E-state index contributed by atoms with van der Waals surface area (Å²) < 4.78 is 31.5. The van der Waals surface area contributed by atoms with Gasteiger partial charge in [-0.15, -0.1) is 0 Å². The Hall–Kier alpha value is -1.83. The molecule has 1 unspecified atom stereocenters. The lowest BCUT2D eigenvalue weighted by atomic mass is 10.1. The number of hydrogen-bond donors (Lipinski definition) is 1. The molecule has 0 radical (unpaired) electrons. The lowest BCUT2D eigenvalue weighted by Gasteiger charge is -2.27. The van der Waals surface area contributed by atoms with Crippen LogP contribution in [0.2, 0.25) is 0 Å². The second-order valence-corrected chi connectivity index (χ2v) is 4.74. The summed E-state index contributed by atoms with van der Waals surface area (Å²) in [5.74, 6) is -3.03. The van der Waals surface area contributed by atoms with Crippen molar-refractivity contribution in [2.75, 3.05) is 20.3 Å². The summed E-state index contributed by atoms with van der Waals surface area (Å²) in [6, 6.07) is -0.458. The zero-order valence-corrected chi connectivity index (χ0v) is 11.2. The fourth-order valence-electron chi connectivity index (χ4n) is 1.88. The number of alkyl halides is 2. The van der Waals surface area contributed by atoms with E-state index in [0.717, 1.165) is 5.56 Å². The first kappa shape index (κ1) is 14.6. The minimum Gasteiger partial charge on any atom is -0.373 e. The van der Waals surface area contributed by atoms with Crippen molar-refractivity contribution in [3.63, 3.8) is 0 Å². The van der Waals surface area contributed by atoms with Crippen molar-refractivity contribution in [1.29, 1.82) is 0 Å². The maximum atomic E-state index is 13.4. The summed E-state index contributed by atoms with van der Waals surface area (Å²) in [6.45, 7) is 0.934. The molecule has 1 aliphatic heterocycles. The molecule has 2 amide bonds. The van der Waals surface area contributed by atoms with E-state index in [1.54, 1.807) is 13.0 Å². The normalized spacial score (nSPS) is 22.3. The molecule has 2 atom stereocenters. The van der Waals surface area contributed by atoms with Crippen LogP contribution in [0.15, 0.2) is 18.5 Å². The van der Waals surface area contributed by atoms with Gasteiger partial charge in [0.2, 0.25) is 0 Å². The van der Waals surface area contributed by atoms with Crippen LogP contribution in [0.25, 0.3) is 0 Å². The van der Waals surface area contributed by atoms with Crippen LogP contribution in [-0.2, 0) is 4.74 Å². The smallest absolute Gasteiger partial charge is 0.318 e. The third kappa shape index (κ3) is 3.01. The second kappa shape index (κ2) is 5.66. The highest BCUT2D eigenvalue weighted by molar-refractivity contribution is 5.75. The first-order valence-electron chi connectivity index (χ1n) is 6.17. The Labute approximate surface area is 115 Å². The third-order valence-electron chi connectivity index (χ3n) is 3.38. The molecule has 1 aromatic rings. The van der Waals surface area contributed by atoms with E-state index in [1.165, 1.54) is 24.3 Å². The van der Waals surface area contributed by atoms with Gasteiger partial charge < -0.3 is 15.0 Å². The van der Waals surface area contributed by atoms with Crippen LogP contribution in [-0.4, -0.2) is 53.4 Å². The monoisotopic (exact) mass is 286 g/mol. The number of urea groups is 1. The Kier molecular flexibility index (Phi) is 4.12. The number of aromatic nitrogens is 2. The van der Waals surface area contributed by atoms with Crippen molar-refractivity contribution in [2.45, 2.75) is 24.9 Å². The molecule has 0 saturated carbocycles. The summed E-state index contributed by atoms with van der Waals surface area (Å²) in [5, 5.41) is 9.67. The highest BCUT2D eigenvalue weighted by Gasteiger charge is 2.46. The molecule has 2 heterocycles. The molecule has 2 rings (SSSR count). The summed E-state index contributed by atoms with van der Waals surface area (Å²) in [7, 11) is 1.54. The van der Waals surface area contributed by atoms with Gasteiger partial charge in [-0.25, -0.2) is 13.6 Å². The van der Waals surface area contributed by atoms with Gasteiger partial charge in [-0.1, -0.05) is 0 Å². The van der Waals surface area contributed by atoms with E-state index in [4.69, 9.17) is 4.74 Å². The maximum Gasteiger partial charge on any atom is 0.318 e. The van der Waals surface area contributed by atoms with Gasteiger partial charge in [-0.2, -0.15) is 10.2 Å². The molecule has 0 aromatic carbocycles. The lowest BCUT2D eigenvalue weighted by molar-refractivity contribution is -0.0223. The molecule has 1 aliphatic rings. The Bertz CT molecular complexity index is 472. The molecular weight excluding hydrogens is 270 g/mol. The van der Waals surface area contributed by atoms with Crippen molar-refractivity contribution in [1.82, 2.24) is 20.4 Å². The standard InChI is InChI=1S/C12H16F2N4O2/c1-8(9-3-4-15-16-5-9)18(2)11(19)17-10-6-20-7-12(10,13)14/h3-5,8,10H,6-7H2,1-2H3,(H,17,19)/t8-,10?/m1/s1. The maximum absolute atomic E-state index is 13.4. The van der Waals surface area contributed by atoms with Gasteiger partial charge >= 0.3 is 6.03 Å². The van der Waals surface area contributed by atoms with Crippen LogP contribution >= 0.6 is 0 Å². The highest BCUT2D eigenvalue weighted by Crippen LogP contribution is 2.26. The van der Waals surface area contributed by atoms with Crippen molar-refractivity contribution in [2.24, 2.45) is 0 Å². The molecule has 1 fully saturated rings. The average molecular weight is 286 g/mol. The zero-order chi connectivity index (χ0) is 14.8. The van der Waals surface area contributed by atoms with Gasteiger partial charge in [-0.3, -0.25) is 0 Å². The topological polar surface area (TPSA) is 67.4 Å². The second-order valence-electron chi connectivity index (χ2n) is 4.74. The van der Waals surface area contributed by atoms with Gasteiger partial charge in [0.05, 0.1) is 18.8 Å². The van der Waals surface area contributed by atoms with Crippen LogP contribution in [0.1, 0.15) is 18.5 Å². The molecule has 20 heavy (non-hydrogen) atoms. The summed E-state index contributed by atoms with van der Waals surface area (Å²) in [4.78, 5) is 13.3. The molecule has 6 nitrogen and oxygen atoms in total. The van der Waals surface area contributed by atoms with E-state index in [1.807, 2.05) is 0 Å². The number of nitrogens with zero attached hydrogens (tertiary/aromatic N) is 3. The Morgan fingerprint density at radius 1 is 1.60 bits per heavy atom. The number of ether oxygens (including phenoxy) is 1. The van der Waals surface area contributed by atoms with Crippen LogP contribution < -0.4 is 5.32 Å². The summed E-state index contributed by atoms with van der Waals surface area (Å²) >= 11 is 0. The van der Waals surface area contributed by atoms with E-state index in [-0.39, 0.29) is 12.6 Å². The molecule has 1 N–H and O–H groups in total. The lowest BCUT2D eigenvalue weighted by Crippen LogP contribution is -2.51. The quantitative estimate of drug-likeness (QED) is 0.907. The number of halogens is 2. The highest BCUT2D eigenvalue weighted by atomic mass is 19.3. The molecule has 1 aromatic heterocycles. The SMILES string of the molecule is C[C@H](c1ccnnc1)N(C)C(=O)NC1COCC1(F)F. The number of amides is 2. The first-order chi connectivity index (χ1) is 9.42. The Morgan fingerprint density at radius 2 is 2.35 bits per heavy atom. The summed E-state index contributed by atoms with van der Waals surface area (Å²) in [6.07, 6.45) is 3.04. The fraction of sp³-hybridized carbons (Fsp3) is 0.583. The van der Waals surface area contributed by atoms with Crippen molar-refractivity contribution in [3.8, 4) is 0 Å². The zero-order valence-electron chi connectivity index (χ0n) is 11.2. The largest absolute Gasteiger partial charge is 0.373 e. The van der Waals surface area contributed by atoms with Gasteiger partial charge in [0.1, 0.15) is 12.6 Å². The number of rotatable bonds is 3. The number of carbonyl (C=O) groups excluding carboxylic acids is 1.